The number of hydrogen-bond acceptors (Lipinski definition) is 5. The van der Waals surface area contributed by atoms with Gasteiger partial charge in [0.25, 0.3) is 5.91 Å². The van der Waals surface area contributed by atoms with Gasteiger partial charge in [-0.2, -0.15) is 5.10 Å². The van der Waals surface area contributed by atoms with Crippen molar-refractivity contribution in [2.24, 2.45) is 0 Å². The topological polar surface area (TPSA) is 97.6 Å². The monoisotopic (exact) mass is 537 g/mol. The number of imidazole rings is 1. The van der Waals surface area contributed by atoms with Crippen LogP contribution >= 0.6 is 0 Å². The molecule has 4 aromatic rings. The Kier molecular flexibility index (Phi) is 6.98. The smallest absolute Gasteiger partial charge is 0.406 e. The van der Waals surface area contributed by atoms with Crippen molar-refractivity contribution in [1.29, 1.82) is 0 Å². The quantitative estimate of drug-likeness (QED) is 0.331. The van der Waals surface area contributed by atoms with Crippen molar-refractivity contribution in [2.45, 2.75) is 26.3 Å². The zero-order valence-corrected chi connectivity index (χ0v) is 19.5. The second kappa shape index (κ2) is 10.0. The van der Waals surface area contributed by atoms with Crippen molar-refractivity contribution in [3.8, 4) is 17.0 Å². The lowest BCUT2D eigenvalue weighted by Gasteiger charge is -2.18. The number of aromatic nitrogens is 3. The Morgan fingerprint density at radius 1 is 1.03 bits per heavy atom. The number of carbonyl (C=O) groups is 2. The molecule has 0 radical (unpaired) electrons. The van der Waals surface area contributed by atoms with Crippen LogP contribution in [-0.2, 0) is 4.79 Å². The maximum absolute atomic E-state index is 15.4. The minimum atomic E-state index is -5.03. The lowest BCUT2D eigenvalue weighted by atomic mass is 10.0. The summed E-state index contributed by atoms with van der Waals surface area (Å²) in [5, 5.41) is 8.83. The molecule has 0 unspecified atom stereocenters. The standard InChI is InChI=1S/C24H17F6N5O3/c1-11(15-9-13(3-5-16(15)25)38-24(28,29)30)31-23(37)21-17(26)6-4-14(22(21)27)18-7-8-20-33-19(32-12(2)36)10-35(20)34-18/h3-11H,1-2H3,(H,31,37)(H,32,36)/t11-/m1/s1. The predicted octanol–water partition coefficient (Wildman–Crippen LogP) is 5.16. The molecule has 8 nitrogen and oxygen atoms in total. The van der Waals surface area contributed by atoms with Gasteiger partial charge in [0.2, 0.25) is 5.91 Å². The molecule has 4 rings (SSSR count). The molecule has 14 heteroatoms. The third-order valence-corrected chi connectivity index (χ3v) is 5.23. The molecule has 0 aliphatic carbocycles. The Morgan fingerprint density at radius 3 is 2.42 bits per heavy atom. The summed E-state index contributed by atoms with van der Waals surface area (Å²) in [6.07, 6.45) is -3.67. The van der Waals surface area contributed by atoms with Crippen LogP contribution in [0.2, 0.25) is 0 Å². The fourth-order valence-electron chi connectivity index (χ4n) is 3.62. The Hall–Kier alpha value is -4.62. The first-order chi connectivity index (χ1) is 17.8. The molecular formula is C24H17F6N5O3. The van der Waals surface area contributed by atoms with Gasteiger partial charge < -0.3 is 15.4 Å². The highest BCUT2D eigenvalue weighted by molar-refractivity contribution is 5.96. The second-order valence-corrected chi connectivity index (χ2v) is 8.04. The van der Waals surface area contributed by atoms with E-state index in [2.05, 4.69) is 25.5 Å². The lowest BCUT2D eigenvalue weighted by molar-refractivity contribution is -0.274. The first kappa shape index (κ1) is 26.4. The number of ether oxygens (including phenoxy) is 1. The molecule has 38 heavy (non-hydrogen) atoms. The van der Waals surface area contributed by atoms with E-state index in [1.165, 1.54) is 36.7 Å². The van der Waals surface area contributed by atoms with E-state index < -0.39 is 52.6 Å². The molecule has 0 saturated heterocycles. The van der Waals surface area contributed by atoms with E-state index in [0.717, 1.165) is 24.3 Å². The summed E-state index contributed by atoms with van der Waals surface area (Å²) in [4.78, 5) is 28.1. The van der Waals surface area contributed by atoms with Gasteiger partial charge in [-0.3, -0.25) is 9.59 Å². The van der Waals surface area contributed by atoms with Crippen molar-refractivity contribution < 1.29 is 40.7 Å². The summed E-state index contributed by atoms with van der Waals surface area (Å²) in [7, 11) is 0. The van der Waals surface area contributed by atoms with Crippen LogP contribution in [0.15, 0.2) is 48.7 Å². The fraction of sp³-hybridized carbons (Fsp3) is 0.167. The van der Waals surface area contributed by atoms with E-state index in [1.807, 2.05) is 0 Å². The minimum absolute atomic E-state index is 0.00748. The van der Waals surface area contributed by atoms with Crippen molar-refractivity contribution in [3.63, 3.8) is 0 Å². The van der Waals surface area contributed by atoms with Gasteiger partial charge in [0, 0.05) is 18.1 Å². The van der Waals surface area contributed by atoms with Crippen LogP contribution in [0, 0.1) is 17.5 Å². The molecule has 0 aliphatic rings. The lowest BCUT2D eigenvalue weighted by Crippen LogP contribution is -2.29. The number of fused-ring (bicyclic) bond motifs is 1. The van der Waals surface area contributed by atoms with E-state index in [0.29, 0.717) is 11.7 Å². The molecule has 0 saturated carbocycles. The largest absolute Gasteiger partial charge is 0.573 e. The Bertz CT molecular complexity index is 1550. The highest BCUT2D eigenvalue weighted by atomic mass is 19.4. The summed E-state index contributed by atoms with van der Waals surface area (Å²) in [5.41, 5.74) is -1.37. The molecular weight excluding hydrogens is 520 g/mol. The first-order valence-corrected chi connectivity index (χ1v) is 10.8. The van der Waals surface area contributed by atoms with Crippen LogP contribution < -0.4 is 15.4 Å². The van der Waals surface area contributed by atoms with Gasteiger partial charge >= 0.3 is 6.36 Å². The summed E-state index contributed by atoms with van der Waals surface area (Å²) in [6, 6.07) is 5.58. The van der Waals surface area contributed by atoms with E-state index in [9.17, 15) is 31.5 Å². The van der Waals surface area contributed by atoms with Crippen LogP contribution in [0.4, 0.5) is 32.2 Å². The number of nitrogens with one attached hydrogen (secondary N) is 2. The van der Waals surface area contributed by atoms with Crippen LogP contribution in [0.3, 0.4) is 0 Å². The third kappa shape index (κ3) is 5.68. The number of amides is 2. The minimum Gasteiger partial charge on any atom is -0.406 e. The molecule has 198 valence electrons. The maximum Gasteiger partial charge on any atom is 0.573 e. The average Bonchev–Trinajstić information content (AvgIpc) is 3.20. The zero-order chi connectivity index (χ0) is 27.8. The Balaban J connectivity index is 1.63. The highest BCUT2D eigenvalue weighted by Gasteiger charge is 2.32. The van der Waals surface area contributed by atoms with Crippen molar-refractivity contribution in [2.75, 3.05) is 5.32 Å². The normalized spacial score (nSPS) is 12.3. The van der Waals surface area contributed by atoms with Gasteiger partial charge in [0.05, 0.1) is 17.9 Å². The molecule has 1 atom stereocenters. The summed E-state index contributed by atoms with van der Waals surface area (Å²) >= 11 is 0. The number of nitrogens with zero attached hydrogens (tertiary/aromatic N) is 3. The van der Waals surface area contributed by atoms with Gasteiger partial charge in [-0.05, 0) is 49.4 Å². The van der Waals surface area contributed by atoms with Gasteiger partial charge in [0.1, 0.15) is 28.8 Å². The van der Waals surface area contributed by atoms with Crippen molar-refractivity contribution >= 4 is 23.3 Å². The molecule has 0 spiro atoms. The van der Waals surface area contributed by atoms with E-state index >= 15 is 4.39 Å². The summed E-state index contributed by atoms with van der Waals surface area (Å²) in [6.45, 7) is 2.50. The van der Waals surface area contributed by atoms with Gasteiger partial charge in [0.15, 0.2) is 11.5 Å². The number of hydrogen-bond donors (Lipinski definition) is 2. The van der Waals surface area contributed by atoms with E-state index in [-0.39, 0.29) is 23.0 Å². The zero-order valence-electron chi connectivity index (χ0n) is 19.5. The number of alkyl halides is 3. The first-order valence-electron chi connectivity index (χ1n) is 10.8. The molecule has 2 aromatic carbocycles. The molecule has 2 N–H and O–H groups in total. The second-order valence-electron chi connectivity index (χ2n) is 8.04. The molecule has 0 bridgehead atoms. The fourth-order valence-corrected chi connectivity index (χ4v) is 3.62. The summed E-state index contributed by atoms with van der Waals surface area (Å²) < 4.78 is 86.8. The van der Waals surface area contributed by atoms with E-state index in [1.54, 1.807) is 0 Å². The predicted molar refractivity (Wildman–Crippen MR) is 122 cm³/mol. The molecule has 0 fully saturated rings. The maximum atomic E-state index is 15.4. The number of carbonyl (C=O) groups excluding carboxylic acids is 2. The van der Waals surface area contributed by atoms with Gasteiger partial charge in [-0.1, -0.05) is 0 Å². The summed E-state index contributed by atoms with van der Waals surface area (Å²) in [5.74, 6) is -5.70. The molecule has 0 aliphatic heterocycles. The van der Waals surface area contributed by atoms with Gasteiger partial charge in [-0.25, -0.2) is 22.7 Å². The highest BCUT2D eigenvalue weighted by Crippen LogP contribution is 2.29. The van der Waals surface area contributed by atoms with E-state index in [4.69, 9.17) is 0 Å². The van der Waals surface area contributed by atoms with Gasteiger partial charge in [-0.15, -0.1) is 13.2 Å². The van der Waals surface area contributed by atoms with Crippen molar-refractivity contribution in [3.05, 3.63) is 77.2 Å². The number of rotatable bonds is 6. The Morgan fingerprint density at radius 2 is 1.74 bits per heavy atom. The molecule has 2 aromatic heterocycles. The van der Waals surface area contributed by atoms with Crippen LogP contribution in [-0.4, -0.2) is 32.8 Å². The third-order valence-electron chi connectivity index (χ3n) is 5.23. The number of halogens is 6. The SMILES string of the molecule is CC(=O)Nc1cn2nc(-c3ccc(F)c(C(=O)N[C@H](C)c4cc(OC(F)(F)F)ccc4F)c3F)ccc2n1. The van der Waals surface area contributed by atoms with Crippen LogP contribution in [0.5, 0.6) is 5.75 Å². The number of benzene rings is 2. The molecule has 2 amide bonds. The van der Waals surface area contributed by atoms with Crippen molar-refractivity contribution in [1.82, 2.24) is 19.9 Å². The number of anilines is 1. The van der Waals surface area contributed by atoms with Crippen LogP contribution in [0.1, 0.15) is 35.8 Å². The average molecular weight is 537 g/mol. The Labute approximate surface area is 210 Å². The molecule has 2 heterocycles. The van der Waals surface area contributed by atoms with Crippen LogP contribution in [0.25, 0.3) is 16.9 Å².